The fraction of sp³-hybridized carbons (Fsp3) is 0. The van der Waals surface area contributed by atoms with Crippen LogP contribution in [-0.4, -0.2) is 19.9 Å². The molecule has 0 amide bonds. The molecule has 0 N–H and O–H groups in total. The first-order valence-corrected chi connectivity index (χ1v) is 10.6. The van der Waals surface area contributed by atoms with Crippen LogP contribution in [0.25, 0.3) is 22.6 Å². The van der Waals surface area contributed by atoms with Crippen LogP contribution in [0.5, 0.6) is 0 Å². The van der Waals surface area contributed by atoms with Crippen molar-refractivity contribution in [2.75, 3.05) is 4.90 Å². The van der Waals surface area contributed by atoms with Crippen molar-refractivity contribution in [3.63, 3.8) is 0 Å². The molecule has 3 heterocycles. The van der Waals surface area contributed by atoms with Crippen LogP contribution in [0.1, 0.15) is 0 Å². The summed E-state index contributed by atoms with van der Waals surface area (Å²) in [6, 6.07) is 31.6. The molecule has 0 saturated carbocycles. The van der Waals surface area contributed by atoms with Crippen LogP contribution in [0.15, 0.2) is 114 Å². The van der Waals surface area contributed by atoms with Gasteiger partial charge in [0.25, 0.3) is 0 Å². The van der Waals surface area contributed by atoms with Gasteiger partial charge < -0.3 is 0 Å². The van der Waals surface area contributed by atoms with Crippen LogP contribution < -0.4 is 4.90 Å². The zero-order chi connectivity index (χ0) is 21.8. The molecule has 3 aromatic heterocycles. The topological polar surface area (TPSA) is 54.8 Å². The molecule has 5 nitrogen and oxygen atoms in total. The van der Waals surface area contributed by atoms with Gasteiger partial charge in [0.1, 0.15) is 18.0 Å². The maximum absolute atomic E-state index is 4.93. The zero-order valence-corrected chi connectivity index (χ0v) is 18.0. The Kier molecular flexibility index (Phi) is 5.59. The smallest absolute Gasteiger partial charge is 0.139 e. The third-order valence-electron chi connectivity index (χ3n) is 4.97. The van der Waals surface area contributed by atoms with Crippen LogP contribution >= 0.6 is 12.6 Å². The normalized spacial score (nSPS) is 10.7. The molecule has 0 fully saturated rings. The molecular weight excluding hydrogens is 414 g/mol. The van der Waals surface area contributed by atoms with Crippen molar-refractivity contribution in [1.29, 1.82) is 0 Å². The molecule has 0 bridgehead atoms. The number of benzene rings is 2. The van der Waals surface area contributed by atoms with Crippen molar-refractivity contribution in [3.8, 4) is 22.6 Å². The molecule has 5 rings (SSSR count). The molecule has 0 saturated heterocycles. The van der Waals surface area contributed by atoms with Gasteiger partial charge >= 0.3 is 0 Å². The summed E-state index contributed by atoms with van der Waals surface area (Å²) in [5, 5.41) is 0. The van der Waals surface area contributed by atoms with Crippen LogP contribution in [0.4, 0.5) is 17.3 Å². The van der Waals surface area contributed by atoms with E-state index in [1.165, 1.54) is 0 Å². The van der Waals surface area contributed by atoms with Crippen molar-refractivity contribution >= 4 is 30.0 Å². The van der Waals surface area contributed by atoms with Gasteiger partial charge in [0.05, 0.1) is 17.1 Å². The molecule has 5 aromatic rings. The Hall–Kier alpha value is -4.03. The minimum absolute atomic E-state index is 0.738. The molecular formula is C26H19N5S. The maximum atomic E-state index is 4.93. The highest BCUT2D eigenvalue weighted by Crippen LogP contribution is 2.33. The van der Waals surface area contributed by atoms with Gasteiger partial charge in [-0.1, -0.05) is 48.5 Å². The number of rotatable bonds is 5. The van der Waals surface area contributed by atoms with E-state index in [1.807, 2.05) is 102 Å². The van der Waals surface area contributed by atoms with E-state index in [9.17, 15) is 0 Å². The lowest BCUT2D eigenvalue weighted by Gasteiger charge is -2.23. The fourth-order valence-electron chi connectivity index (χ4n) is 3.47. The van der Waals surface area contributed by atoms with Crippen LogP contribution in [0.3, 0.4) is 0 Å². The minimum Gasteiger partial charge on any atom is -0.279 e. The predicted octanol–water partition coefficient (Wildman–Crippen LogP) is 6.36. The highest BCUT2D eigenvalue weighted by molar-refractivity contribution is 7.80. The van der Waals surface area contributed by atoms with Crippen LogP contribution in [0.2, 0.25) is 0 Å². The summed E-state index contributed by atoms with van der Waals surface area (Å²) in [7, 11) is 0. The van der Waals surface area contributed by atoms with E-state index in [-0.39, 0.29) is 0 Å². The Bertz CT molecular complexity index is 1300. The van der Waals surface area contributed by atoms with Crippen molar-refractivity contribution in [1.82, 2.24) is 19.9 Å². The third kappa shape index (κ3) is 4.08. The predicted molar refractivity (Wildman–Crippen MR) is 130 cm³/mol. The van der Waals surface area contributed by atoms with E-state index in [0.29, 0.717) is 0 Å². The van der Waals surface area contributed by atoms with Crippen molar-refractivity contribution in [2.24, 2.45) is 0 Å². The molecule has 32 heavy (non-hydrogen) atoms. The Morgan fingerprint density at radius 3 is 2.16 bits per heavy atom. The van der Waals surface area contributed by atoms with Gasteiger partial charge in [-0.25, -0.2) is 19.9 Å². The Balaban J connectivity index is 1.59. The van der Waals surface area contributed by atoms with Crippen LogP contribution in [0, 0.1) is 0 Å². The maximum Gasteiger partial charge on any atom is 0.139 e. The number of pyridine rings is 2. The summed E-state index contributed by atoms with van der Waals surface area (Å²) in [4.78, 5) is 21.3. The molecule has 0 spiro atoms. The van der Waals surface area contributed by atoms with Crippen molar-refractivity contribution in [3.05, 3.63) is 110 Å². The van der Waals surface area contributed by atoms with Gasteiger partial charge in [-0.15, -0.1) is 12.6 Å². The van der Waals surface area contributed by atoms with Crippen LogP contribution in [-0.2, 0) is 0 Å². The van der Waals surface area contributed by atoms with Gasteiger partial charge in [0.15, 0.2) is 0 Å². The average molecular weight is 434 g/mol. The molecule has 0 aliphatic heterocycles. The molecule has 0 unspecified atom stereocenters. The lowest BCUT2D eigenvalue weighted by molar-refractivity contribution is 1.11. The van der Waals surface area contributed by atoms with E-state index in [4.69, 9.17) is 4.98 Å². The number of hydrogen-bond donors (Lipinski definition) is 1. The molecule has 6 heteroatoms. The number of thiol groups is 1. The van der Waals surface area contributed by atoms with Gasteiger partial charge in [-0.3, -0.25) is 4.90 Å². The van der Waals surface area contributed by atoms with Crippen molar-refractivity contribution < 1.29 is 0 Å². The first-order chi connectivity index (χ1) is 15.8. The van der Waals surface area contributed by atoms with E-state index in [0.717, 1.165) is 44.9 Å². The monoisotopic (exact) mass is 433 g/mol. The molecule has 0 radical (unpaired) electrons. The summed E-state index contributed by atoms with van der Waals surface area (Å²) in [5.74, 6) is 1.54. The second-order valence-electron chi connectivity index (χ2n) is 7.05. The number of para-hydroxylation sites is 1. The largest absolute Gasteiger partial charge is 0.279 e. The average Bonchev–Trinajstić information content (AvgIpc) is 2.86. The first-order valence-electron chi connectivity index (χ1n) is 10.1. The fourth-order valence-corrected chi connectivity index (χ4v) is 3.75. The highest BCUT2D eigenvalue weighted by Gasteiger charge is 2.16. The summed E-state index contributed by atoms with van der Waals surface area (Å²) in [5.41, 5.74) is 4.22. The van der Waals surface area contributed by atoms with E-state index in [1.54, 1.807) is 12.5 Å². The second-order valence-corrected chi connectivity index (χ2v) is 7.53. The SMILES string of the molecule is Sc1ccccc1-c1cc(-c2cccc(N(c3ccccc3)c3ccccn3)n2)ncn1. The van der Waals surface area contributed by atoms with Crippen molar-refractivity contribution in [2.45, 2.75) is 4.90 Å². The Morgan fingerprint density at radius 2 is 1.34 bits per heavy atom. The summed E-state index contributed by atoms with van der Waals surface area (Å²) >= 11 is 4.57. The zero-order valence-electron chi connectivity index (χ0n) is 17.1. The quantitative estimate of drug-likeness (QED) is 0.327. The Labute approximate surface area is 191 Å². The Morgan fingerprint density at radius 1 is 0.594 bits per heavy atom. The van der Waals surface area contributed by atoms with Gasteiger partial charge in [0.2, 0.25) is 0 Å². The number of anilines is 3. The third-order valence-corrected chi connectivity index (χ3v) is 5.36. The summed E-state index contributed by atoms with van der Waals surface area (Å²) in [6.45, 7) is 0. The standard InChI is InChI=1S/C26H19N5S/c32-24-13-5-4-11-20(24)22-17-23(29-18-28-22)21-12-8-15-26(30-21)31(19-9-2-1-3-10-19)25-14-6-7-16-27-25/h1-18,32H. The lowest BCUT2D eigenvalue weighted by atomic mass is 10.1. The highest BCUT2D eigenvalue weighted by atomic mass is 32.1. The number of nitrogens with zero attached hydrogens (tertiary/aromatic N) is 5. The van der Waals surface area contributed by atoms with E-state index >= 15 is 0 Å². The number of hydrogen-bond acceptors (Lipinski definition) is 6. The van der Waals surface area contributed by atoms with Gasteiger partial charge in [-0.05, 0) is 48.5 Å². The van der Waals surface area contributed by atoms with Gasteiger partial charge in [0, 0.05) is 22.3 Å². The molecule has 154 valence electrons. The molecule has 2 aromatic carbocycles. The van der Waals surface area contributed by atoms with Gasteiger partial charge in [-0.2, -0.15) is 0 Å². The molecule has 0 atom stereocenters. The first kappa shape index (κ1) is 19.9. The second kappa shape index (κ2) is 8.99. The molecule has 0 aliphatic carbocycles. The number of aromatic nitrogens is 4. The molecule has 0 aliphatic rings. The lowest BCUT2D eigenvalue weighted by Crippen LogP contribution is -2.13. The summed E-state index contributed by atoms with van der Waals surface area (Å²) < 4.78 is 0. The summed E-state index contributed by atoms with van der Waals surface area (Å²) in [6.07, 6.45) is 3.34. The van der Waals surface area contributed by atoms with E-state index < -0.39 is 0 Å². The van der Waals surface area contributed by atoms with E-state index in [2.05, 4.69) is 27.6 Å². The minimum atomic E-state index is 0.738.